The molecule has 0 saturated heterocycles. The van der Waals surface area contributed by atoms with Gasteiger partial charge in [0.2, 0.25) is 0 Å². The molecule has 0 aliphatic carbocycles. The molecule has 34 heavy (non-hydrogen) atoms. The minimum absolute atomic E-state index is 0.0384. The summed E-state index contributed by atoms with van der Waals surface area (Å²) in [6, 6.07) is 16.1. The predicted octanol–water partition coefficient (Wildman–Crippen LogP) is 5.24. The maximum Gasteiger partial charge on any atom is 0.196 e. The molecule has 0 unspecified atom stereocenters. The Kier molecular flexibility index (Phi) is 6.20. The Balaban J connectivity index is 1.92. The highest BCUT2D eigenvalue weighted by molar-refractivity contribution is 5.85. The summed E-state index contributed by atoms with van der Waals surface area (Å²) in [4.78, 5) is 13.3. The molecular formula is C27H23FN2O4. The third kappa shape index (κ3) is 4.05. The van der Waals surface area contributed by atoms with Crippen LogP contribution in [0.25, 0.3) is 22.3 Å². The second-order valence-electron chi connectivity index (χ2n) is 8.22. The molecule has 0 aliphatic heterocycles. The van der Waals surface area contributed by atoms with E-state index in [0.717, 1.165) is 5.56 Å². The standard InChI is InChI=1S/C27H23FN2O4/c1-14-11-20(16(3)30-22-10-5-4-8-18(22)27(32)33)26-21(12-14)24(31)15(2)25(34-26)19-9-6-7-17(13-29)23(19)28/h4-12,16,27,30,32-33H,1-3H3/t16-/m1/s1. The van der Waals surface area contributed by atoms with Gasteiger partial charge >= 0.3 is 0 Å². The first kappa shape index (κ1) is 23.2. The molecule has 0 radical (unpaired) electrons. The average molecular weight is 458 g/mol. The number of para-hydroxylation sites is 1. The molecule has 0 saturated carbocycles. The van der Waals surface area contributed by atoms with Gasteiger partial charge in [0, 0.05) is 22.4 Å². The number of aliphatic hydroxyl groups excluding tert-OH is 1. The van der Waals surface area contributed by atoms with Crippen molar-refractivity contribution in [2.24, 2.45) is 0 Å². The van der Waals surface area contributed by atoms with Gasteiger partial charge in [-0.05, 0) is 50.6 Å². The number of nitrogens with one attached hydrogen (secondary N) is 1. The van der Waals surface area contributed by atoms with E-state index < -0.39 is 18.1 Å². The first-order chi connectivity index (χ1) is 16.2. The first-order valence-electron chi connectivity index (χ1n) is 10.7. The summed E-state index contributed by atoms with van der Waals surface area (Å²) in [7, 11) is 0. The van der Waals surface area contributed by atoms with Crippen LogP contribution >= 0.6 is 0 Å². The zero-order chi connectivity index (χ0) is 24.6. The average Bonchev–Trinajstić information content (AvgIpc) is 2.82. The Labute approximate surface area is 195 Å². The molecule has 1 heterocycles. The highest BCUT2D eigenvalue weighted by Gasteiger charge is 2.22. The van der Waals surface area contributed by atoms with Crippen LogP contribution in [0.15, 0.2) is 63.8 Å². The van der Waals surface area contributed by atoms with Crippen molar-refractivity contribution >= 4 is 16.7 Å². The second-order valence-corrected chi connectivity index (χ2v) is 8.22. The molecule has 172 valence electrons. The van der Waals surface area contributed by atoms with Crippen molar-refractivity contribution in [3.05, 3.63) is 98.5 Å². The maximum atomic E-state index is 15.0. The van der Waals surface area contributed by atoms with Gasteiger partial charge in [0.25, 0.3) is 0 Å². The van der Waals surface area contributed by atoms with Crippen LogP contribution in [0, 0.1) is 31.0 Å². The van der Waals surface area contributed by atoms with Gasteiger partial charge in [0.05, 0.1) is 22.6 Å². The van der Waals surface area contributed by atoms with Gasteiger partial charge in [0.1, 0.15) is 17.4 Å². The van der Waals surface area contributed by atoms with E-state index in [2.05, 4.69) is 5.32 Å². The minimum atomic E-state index is -1.66. The molecule has 1 aromatic heterocycles. The van der Waals surface area contributed by atoms with Crippen molar-refractivity contribution in [3.63, 3.8) is 0 Å². The lowest BCUT2D eigenvalue weighted by molar-refractivity contribution is -0.0419. The number of benzene rings is 3. The maximum absolute atomic E-state index is 15.0. The molecular weight excluding hydrogens is 435 g/mol. The van der Waals surface area contributed by atoms with Crippen LogP contribution in [0.5, 0.6) is 0 Å². The Morgan fingerprint density at radius 3 is 2.50 bits per heavy atom. The molecule has 7 heteroatoms. The highest BCUT2D eigenvalue weighted by atomic mass is 19.1. The Morgan fingerprint density at radius 1 is 1.06 bits per heavy atom. The van der Waals surface area contributed by atoms with Gasteiger partial charge < -0.3 is 19.9 Å². The van der Waals surface area contributed by atoms with Gasteiger partial charge in [-0.25, -0.2) is 4.39 Å². The molecule has 0 bridgehead atoms. The summed E-state index contributed by atoms with van der Waals surface area (Å²) in [6.45, 7) is 5.28. The van der Waals surface area contributed by atoms with Crippen LogP contribution in [-0.2, 0) is 0 Å². The smallest absolute Gasteiger partial charge is 0.196 e. The zero-order valence-corrected chi connectivity index (χ0v) is 18.9. The predicted molar refractivity (Wildman–Crippen MR) is 128 cm³/mol. The van der Waals surface area contributed by atoms with E-state index in [1.165, 1.54) is 18.2 Å². The number of fused-ring (bicyclic) bond motifs is 1. The van der Waals surface area contributed by atoms with E-state index >= 15 is 0 Å². The molecule has 0 amide bonds. The topological polar surface area (TPSA) is 106 Å². The number of nitrogens with zero attached hydrogens (tertiary/aromatic N) is 1. The lowest BCUT2D eigenvalue weighted by Crippen LogP contribution is -2.14. The fourth-order valence-corrected chi connectivity index (χ4v) is 4.10. The fraction of sp³-hybridized carbons (Fsp3) is 0.185. The van der Waals surface area contributed by atoms with Gasteiger partial charge in [-0.15, -0.1) is 0 Å². The summed E-state index contributed by atoms with van der Waals surface area (Å²) < 4.78 is 21.1. The van der Waals surface area contributed by atoms with E-state index in [4.69, 9.17) is 4.42 Å². The van der Waals surface area contributed by atoms with Gasteiger partial charge in [0.15, 0.2) is 17.5 Å². The Hall–Kier alpha value is -3.99. The van der Waals surface area contributed by atoms with Crippen molar-refractivity contribution in [2.45, 2.75) is 33.1 Å². The molecule has 0 aliphatic rings. The number of hydrogen-bond donors (Lipinski definition) is 3. The zero-order valence-electron chi connectivity index (χ0n) is 18.9. The Bertz CT molecular complexity index is 1500. The van der Waals surface area contributed by atoms with E-state index in [9.17, 15) is 24.7 Å². The largest absolute Gasteiger partial charge is 0.455 e. The number of nitriles is 1. The van der Waals surface area contributed by atoms with E-state index in [0.29, 0.717) is 27.8 Å². The van der Waals surface area contributed by atoms with Crippen molar-refractivity contribution in [1.82, 2.24) is 0 Å². The number of hydrogen-bond acceptors (Lipinski definition) is 6. The van der Waals surface area contributed by atoms with Crippen molar-refractivity contribution < 1.29 is 19.0 Å². The lowest BCUT2D eigenvalue weighted by atomic mass is 9.98. The van der Waals surface area contributed by atoms with Crippen LogP contribution in [0.4, 0.5) is 10.1 Å². The first-order valence-corrected chi connectivity index (χ1v) is 10.7. The molecule has 3 aromatic carbocycles. The third-order valence-corrected chi connectivity index (χ3v) is 5.83. The Morgan fingerprint density at radius 2 is 1.79 bits per heavy atom. The van der Waals surface area contributed by atoms with E-state index in [1.54, 1.807) is 37.3 Å². The third-order valence-electron chi connectivity index (χ3n) is 5.83. The quantitative estimate of drug-likeness (QED) is 0.353. The van der Waals surface area contributed by atoms with Gasteiger partial charge in [-0.1, -0.05) is 30.3 Å². The molecule has 1 atom stereocenters. The minimum Gasteiger partial charge on any atom is -0.455 e. The van der Waals surface area contributed by atoms with E-state index in [1.807, 2.05) is 26.0 Å². The SMILES string of the molecule is Cc1cc([C@@H](C)Nc2ccccc2C(O)O)c2oc(-c3cccc(C#N)c3F)c(C)c(=O)c2c1. The van der Waals surface area contributed by atoms with Crippen LogP contribution in [0.2, 0.25) is 0 Å². The van der Waals surface area contributed by atoms with Crippen molar-refractivity contribution in [3.8, 4) is 17.4 Å². The highest BCUT2D eigenvalue weighted by Crippen LogP contribution is 2.34. The normalized spacial score (nSPS) is 12.1. The molecule has 3 N–H and O–H groups in total. The van der Waals surface area contributed by atoms with Gasteiger partial charge in [-0.2, -0.15) is 5.26 Å². The molecule has 0 spiro atoms. The number of halogens is 1. The van der Waals surface area contributed by atoms with Crippen LogP contribution < -0.4 is 10.7 Å². The van der Waals surface area contributed by atoms with Crippen LogP contribution in [0.3, 0.4) is 0 Å². The molecule has 4 aromatic rings. The summed E-state index contributed by atoms with van der Waals surface area (Å²) in [5.41, 5.74) is 2.45. The van der Waals surface area contributed by atoms with Crippen LogP contribution in [0.1, 0.15) is 47.1 Å². The molecule has 6 nitrogen and oxygen atoms in total. The van der Waals surface area contributed by atoms with Crippen molar-refractivity contribution in [2.75, 3.05) is 5.32 Å². The summed E-state index contributed by atoms with van der Waals surface area (Å²) in [5.74, 6) is -0.683. The van der Waals surface area contributed by atoms with Gasteiger partial charge in [-0.3, -0.25) is 4.79 Å². The summed E-state index contributed by atoms with van der Waals surface area (Å²) in [5, 5.41) is 32.2. The number of rotatable bonds is 5. The van der Waals surface area contributed by atoms with E-state index in [-0.39, 0.29) is 27.9 Å². The fourth-order valence-electron chi connectivity index (χ4n) is 4.10. The number of aryl methyl sites for hydroxylation is 1. The van der Waals surface area contributed by atoms with Crippen molar-refractivity contribution in [1.29, 1.82) is 5.26 Å². The number of aliphatic hydroxyl groups is 2. The lowest BCUT2D eigenvalue weighted by Gasteiger charge is -2.21. The molecule has 4 rings (SSSR count). The monoisotopic (exact) mass is 458 g/mol. The molecule has 0 fully saturated rings. The summed E-state index contributed by atoms with van der Waals surface area (Å²) in [6.07, 6.45) is -1.66. The number of anilines is 1. The van der Waals surface area contributed by atoms with Crippen LogP contribution in [-0.4, -0.2) is 10.2 Å². The summed E-state index contributed by atoms with van der Waals surface area (Å²) >= 11 is 0. The second kappa shape index (κ2) is 9.10.